The first-order chi connectivity index (χ1) is 14.5. The third kappa shape index (κ3) is 6.57. The van der Waals surface area contributed by atoms with E-state index in [4.69, 9.17) is 16.3 Å². The number of rotatable bonds is 8. The molecule has 1 unspecified atom stereocenters. The van der Waals surface area contributed by atoms with Gasteiger partial charge in [0.1, 0.15) is 0 Å². The van der Waals surface area contributed by atoms with Crippen LogP contribution in [0.4, 0.5) is 5.69 Å². The SMILES string of the molecule is CCCCOC(=O)c1ccc(NC(=O)C2CCCN(Cc3ccc(Cl)cc3)C2)cc1. The molecule has 1 heterocycles. The molecule has 1 aliphatic heterocycles. The zero-order chi connectivity index (χ0) is 21.3. The zero-order valence-electron chi connectivity index (χ0n) is 17.4. The van der Waals surface area contributed by atoms with Gasteiger partial charge in [0.05, 0.1) is 18.1 Å². The van der Waals surface area contributed by atoms with Crippen LogP contribution >= 0.6 is 11.6 Å². The number of halogens is 1. The number of hydrogen-bond donors (Lipinski definition) is 1. The summed E-state index contributed by atoms with van der Waals surface area (Å²) in [6.45, 7) is 5.02. The quantitative estimate of drug-likeness (QED) is 0.466. The maximum atomic E-state index is 12.8. The van der Waals surface area contributed by atoms with Gasteiger partial charge in [0.2, 0.25) is 5.91 Å². The molecule has 30 heavy (non-hydrogen) atoms. The van der Waals surface area contributed by atoms with Crippen LogP contribution in [0.1, 0.15) is 48.5 Å². The van der Waals surface area contributed by atoms with Crippen molar-refractivity contribution in [3.63, 3.8) is 0 Å². The second-order valence-electron chi connectivity index (χ2n) is 7.76. The smallest absolute Gasteiger partial charge is 0.338 e. The fourth-order valence-corrected chi connectivity index (χ4v) is 3.71. The van der Waals surface area contributed by atoms with E-state index in [9.17, 15) is 9.59 Å². The first-order valence-corrected chi connectivity index (χ1v) is 11.0. The standard InChI is InChI=1S/C24H29ClN2O3/c1-2-3-15-30-24(29)19-8-12-22(13-9-19)26-23(28)20-5-4-14-27(17-20)16-18-6-10-21(25)11-7-18/h6-13,20H,2-5,14-17H2,1H3,(H,26,28). The van der Waals surface area contributed by atoms with Gasteiger partial charge in [-0.15, -0.1) is 0 Å². The molecule has 1 saturated heterocycles. The molecular weight excluding hydrogens is 400 g/mol. The number of amides is 1. The monoisotopic (exact) mass is 428 g/mol. The van der Waals surface area contributed by atoms with Crippen molar-refractivity contribution < 1.29 is 14.3 Å². The van der Waals surface area contributed by atoms with E-state index in [2.05, 4.69) is 17.1 Å². The van der Waals surface area contributed by atoms with E-state index in [0.29, 0.717) is 17.9 Å². The third-order valence-electron chi connectivity index (χ3n) is 5.31. The molecule has 6 heteroatoms. The maximum Gasteiger partial charge on any atom is 0.338 e. The molecule has 0 bridgehead atoms. The van der Waals surface area contributed by atoms with E-state index in [1.54, 1.807) is 24.3 Å². The van der Waals surface area contributed by atoms with Crippen molar-refractivity contribution in [2.24, 2.45) is 5.92 Å². The number of carbonyl (C=O) groups is 2. The average molecular weight is 429 g/mol. The largest absolute Gasteiger partial charge is 0.462 e. The minimum Gasteiger partial charge on any atom is -0.462 e. The van der Waals surface area contributed by atoms with Crippen molar-refractivity contribution in [1.29, 1.82) is 0 Å². The Labute approximate surface area is 183 Å². The molecule has 0 saturated carbocycles. The van der Waals surface area contributed by atoms with Gasteiger partial charge < -0.3 is 10.1 Å². The number of esters is 1. The molecule has 5 nitrogen and oxygen atoms in total. The van der Waals surface area contributed by atoms with Crippen LogP contribution in [0.25, 0.3) is 0 Å². The molecule has 1 amide bonds. The fraction of sp³-hybridized carbons (Fsp3) is 0.417. The van der Waals surface area contributed by atoms with Crippen LogP contribution in [-0.2, 0) is 16.1 Å². The molecule has 0 aliphatic carbocycles. The summed E-state index contributed by atoms with van der Waals surface area (Å²) < 4.78 is 5.21. The Morgan fingerprint density at radius 2 is 1.87 bits per heavy atom. The minimum atomic E-state index is -0.327. The van der Waals surface area contributed by atoms with Gasteiger partial charge in [-0.05, 0) is 67.8 Å². The fourth-order valence-electron chi connectivity index (χ4n) is 3.59. The van der Waals surface area contributed by atoms with Gasteiger partial charge in [0.15, 0.2) is 0 Å². The number of anilines is 1. The number of hydrogen-bond acceptors (Lipinski definition) is 4. The lowest BCUT2D eigenvalue weighted by atomic mass is 9.96. The number of piperidine rings is 1. The Bertz CT molecular complexity index is 837. The summed E-state index contributed by atoms with van der Waals surface area (Å²) in [4.78, 5) is 27.1. The van der Waals surface area contributed by atoms with E-state index in [-0.39, 0.29) is 17.8 Å². The van der Waals surface area contributed by atoms with E-state index >= 15 is 0 Å². The Kier molecular flexibility index (Phi) is 8.29. The number of carbonyl (C=O) groups excluding carboxylic acids is 2. The zero-order valence-corrected chi connectivity index (χ0v) is 18.2. The highest BCUT2D eigenvalue weighted by Gasteiger charge is 2.26. The molecule has 160 valence electrons. The van der Waals surface area contributed by atoms with Crippen LogP contribution in [0.3, 0.4) is 0 Å². The van der Waals surface area contributed by atoms with Gasteiger partial charge in [-0.25, -0.2) is 4.79 Å². The van der Waals surface area contributed by atoms with E-state index in [1.165, 1.54) is 5.56 Å². The number of unbranched alkanes of at least 4 members (excludes halogenated alkanes) is 1. The van der Waals surface area contributed by atoms with Gasteiger partial charge in [-0.3, -0.25) is 9.69 Å². The molecule has 2 aromatic carbocycles. The van der Waals surface area contributed by atoms with Crippen LogP contribution < -0.4 is 5.32 Å². The minimum absolute atomic E-state index is 0.0223. The number of benzene rings is 2. The van der Waals surface area contributed by atoms with Crippen molar-refractivity contribution in [3.05, 3.63) is 64.7 Å². The van der Waals surface area contributed by atoms with Gasteiger partial charge in [-0.2, -0.15) is 0 Å². The summed E-state index contributed by atoms with van der Waals surface area (Å²) in [6, 6.07) is 14.7. The molecule has 3 rings (SSSR count). The van der Waals surface area contributed by atoms with Gasteiger partial charge >= 0.3 is 5.97 Å². The summed E-state index contributed by atoms with van der Waals surface area (Å²) in [5.74, 6) is -0.356. The molecular formula is C24H29ClN2O3. The van der Waals surface area contributed by atoms with E-state index in [0.717, 1.165) is 50.3 Å². The highest BCUT2D eigenvalue weighted by Crippen LogP contribution is 2.21. The molecule has 1 N–H and O–H groups in total. The molecule has 0 aromatic heterocycles. The van der Waals surface area contributed by atoms with Crippen LogP contribution in [0.5, 0.6) is 0 Å². The second kappa shape index (κ2) is 11.1. The van der Waals surface area contributed by atoms with Crippen molar-refractivity contribution in [2.45, 2.75) is 39.2 Å². The van der Waals surface area contributed by atoms with Crippen LogP contribution in [0.15, 0.2) is 48.5 Å². The van der Waals surface area contributed by atoms with Gasteiger partial charge in [0, 0.05) is 23.8 Å². The topological polar surface area (TPSA) is 58.6 Å². The van der Waals surface area contributed by atoms with Crippen LogP contribution in [-0.4, -0.2) is 36.5 Å². The first-order valence-electron chi connectivity index (χ1n) is 10.6. The summed E-state index contributed by atoms with van der Waals surface area (Å²) in [6.07, 6.45) is 3.71. The van der Waals surface area contributed by atoms with Crippen molar-refractivity contribution in [3.8, 4) is 0 Å². The molecule has 2 aromatic rings. The first kappa shape index (κ1) is 22.3. The third-order valence-corrected chi connectivity index (χ3v) is 5.57. The van der Waals surface area contributed by atoms with Crippen molar-refractivity contribution in [2.75, 3.05) is 25.0 Å². The Morgan fingerprint density at radius 3 is 2.57 bits per heavy atom. The summed E-state index contributed by atoms with van der Waals surface area (Å²) in [5, 5.41) is 3.72. The highest BCUT2D eigenvalue weighted by atomic mass is 35.5. The lowest BCUT2D eigenvalue weighted by Crippen LogP contribution is -2.40. The highest BCUT2D eigenvalue weighted by molar-refractivity contribution is 6.30. The second-order valence-corrected chi connectivity index (χ2v) is 8.19. The predicted octanol–water partition coefficient (Wildman–Crippen LogP) is 5.15. The number of ether oxygens (including phenoxy) is 1. The number of likely N-dealkylation sites (tertiary alicyclic amines) is 1. The van der Waals surface area contributed by atoms with E-state index in [1.807, 2.05) is 24.3 Å². The van der Waals surface area contributed by atoms with E-state index < -0.39 is 0 Å². The van der Waals surface area contributed by atoms with Gasteiger partial charge in [-0.1, -0.05) is 37.1 Å². The predicted molar refractivity (Wildman–Crippen MR) is 120 cm³/mol. The Balaban J connectivity index is 1.51. The van der Waals surface area contributed by atoms with Crippen molar-refractivity contribution >= 4 is 29.2 Å². The Hall–Kier alpha value is -2.37. The number of nitrogens with one attached hydrogen (secondary N) is 1. The average Bonchev–Trinajstić information content (AvgIpc) is 2.76. The lowest BCUT2D eigenvalue weighted by molar-refractivity contribution is -0.121. The van der Waals surface area contributed by atoms with Crippen LogP contribution in [0, 0.1) is 5.92 Å². The van der Waals surface area contributed by atoms with Crippen LogP contribution in [0.2, 0.25) is 5.02 Å². The van der Waals surface area contributed by atoms with Gasteiger partial charge in [0.25, 0.3) is 0 Å². The molecule has 1 aliphatic rings. The van der Waals surface area contributed by atoms with Crippen molar-refractivity contribution in [1.82, 2.24) is 4.90 Å². The molecule has 1 fully saturated rings. The Morgan fingerprint density at radius 1 is 1.13 bits per heavy atom. The summed E-state index contributed by atoms with van der Waals surface area (Å²) in [7, 11) is 0. The molecule has 0 radical (unpaired) electrons. The summed E-state index contributed by atoms with van der Waals surface area (Å²) >= 11 is 5.96. The summed E-state index contributed by atoms with van der Waals surface area (Å²) in [5.41, 5.74) is 2.39. The molecule has 0 spiro atoms. The maximum absolute atomic E-state index is 12.8. The normalized spacial score (nSPS) is 16.8. The molecule has 1 atom stereocenters. The number of nitrogens with zero attached hydrogens (tertiary/aromatic N) is 1. The lowest BCUT2D eigenvalue weighted by Gasteiger charge is -2.32.